The first-order valence-corrected chi connectivity index (χ1v) is 8.96. The molecule has 0 bridgehead atoms. The third-order valence-corrected chi connectivity index (χ3v) is 4.59. The van der Waals surface area contributed by atoms with Crippen LogP contribution < -0.4 is 10.5 Å². The third-order valence-electron chi connectivity index (χ3n) is 4.59. The number of hydrogen-bond acceptors (Lipinski definition) is 4. The van der Waals surface area contributed by atoms with E-state index in [-0.39, 0.29) is 24.6 Å². The first kappa shape index (κ1) is 17.7. The minimum absolute atomic E-state index is 0.0869. The topological polar surface area (TPSA) is 68.3 Å². The average Bonchev–Trinajstić information content (AvgIpc) is 3.22. The lowest BCUT2D eigenvalue weighted by Crippen LogP contribution is -2.36. The molecule has 0 radical (unpaired) electrons. The first-order valence-electron chi connectivity index (χ1n) is 8.96. The molecule has 0 fully saturated rings. The first-order chi connectivity index (χ1) is 13.6. The molecule has 0 spiro atoms. The van der Waals surface area contributed by atoms with E-state index in [1.165, 1.54) is 10.8 Å². The average molecular weight is 373 g/mol. The zero-order valence-electron chi connectivity index (χ0n) is 15.4. The summed E-state index contributed by atoms with van der Waals surface area (Å²) >= 11 is 0. The number of para-hydroxylation sites is 2. The van der Waals surface area contributed by atoms with Crippen molar-refractivity contribution < 1.29 is 9.21 Å². The summed E-state index contributed by atoms with van der Waals surface area (Å²) in [6.45, 7) is 2.19. The maximum atomic E-state index is 13.2. The molecule has 0 saturated heterocycles. The zero-order chi connectivity index (χ0) is 19.5. The zero-order valence-corrected chi connectivity index (χ0v) is 15.4. The highest BCUT2D eigenvalue weighted by Crippen LogP contribution is 2.20. The number of benzene rings is 2. The Morgan fingerprint density at radius 2 is 1.86 bits per heavy atom. The van der Waals surface area contributed by atoms with Crippen molar-refractivity contribution in [1.29, 1.82) is 0 Å². The summed E-state index contributed by atoms with van der Waals surface area (Å²) in [5.41, 5.74) is 2.84. The molecule has 140 valence electrons. The highest BCUT2D eigenvalue weighted by atomic mass is 16.3. The number of carbonyl (C=O) groups excluding carboxylic acids is 1. The van der Waals surface area contributed by atoms with Crippen LogP contribution in [0.4, 0.5) is 5.69 Å². The molecule has 6 heteroatoms. The number of rotatable bonds is 5. The van der Waals surface area contributed by atoms with E-state index in [1.807, 2.05) is 55.5 Å². The Kier molecular flexibility index (Phi) is 4.76. The molecule has 0 aliphatic heterocycles. The van der Waals surface area contributed by atoms with Gasteiger partial charge in [0.15, 0.2) is 0 Å². The second-order valence-corrected chi connectivity index (χ2v) is 6.57. The number of carbonyl (C=O) groups is 1. The second-order valence-electron chi connectivity index (χ2n) is 6.57. The van der Waals surface area contributed by atoms with Gasteiger partial charge in [-0.2, -0.15) is 0 Å². The summed E-state index contributed by atoms with van der Waals surface area (Å²) < 4.78 is 6.88. The number of aromatic nitrogens is 2. The number of aryl methyl sites for hydroxylation is 1. The lowest BCUT2D eigenvalue weighted by molar-refractivity contribution is -0.119. The Morgan fingerprint density at radius 3 is 2.61 bits per heavy atom. The van der Waals surface area contributed by atoms with E-state index in [4.69, 9.17) is 4.42 Å². The number of anilines is 1. The van der Waals surface area contributed by atoms with Gasteiger partial charge in [0.25, 0.3) is 5.56 Å². The lowest BCUT2D eigenvalue weighted by atomic mass is 10.2. The molecule has 6 nitrogen and oxygen atoms in total. The quantitative estimate of drug-likeness (QED) is 0.537. The van der Waals surface area contributed by atoms with E-state index in [0.29, 0.717) is 16.8 Å². The Morgan fingerprint density at radius 1 is 1.07 bits per heavy atom. The van der Waals surface area contributed by atoms with Gasteiger partial charge < -0.3 is 9.32 Å². The minimum atomic E-state index is -0.311. The number of amides is 1. The van der Waals surface area contributed by atoms with Gasteiger partial charge in [-0.15, -0.1) is 0 Å². The lowest BCUT2D eigenvalue weighted by Gasteiger charge is -2.23. The van der Waals surface area contributed by atoms with E-state index in [9.17, 15) is 9.59 Å². The van der Waals surface area contributed by atoms with E-state index in [1.54, 1.807) is 23.3 Å². The number of fused-ring (bicyclic) bond motifs is 1. The van der Waals surface area contributed by atoms with Crippen molar-refractivity contribution in [2.75, 3.05) is 4.90 Å². The van der Waals surface area contributed by atoms with Crippen LogP contribution in [-0.2, 0) is 17.9 Å². The van der Waals surface area contributed by atoms with Crippen LogP contribution in [0.2, 0.25) is 0 Å². The molecule has 0 aliphatic rings. The Labute approximate surface area is 161 Å². The molecule has 2 aromatic carbocycles. The highest BCUT2D eigenvalue weighted by Gasteiger charge is 2.19. The third kappa shape index (κ3) is 3.57. The molecule has 2 aromatic heterocycles. The van der Waals surface area contributed by atoms with Crippen LogP contribution in [0.15, 0.2) is 82.3 Å². The summed E-state index contributed by atoms with van der Waals surface area (Å²) in [7, 11) is 0. The Hall–Kier alpha value is -3.67. The van der Waals surface area contributed by atoms with Gasteiger partial charge in [0.2, 0.25) is 5.91 Å². The SMILES string of the molecule is Cc1ccc(N(Cc2ccco2)C(=O)Cn2c(=O)cnc3ccccc32)cc1. The molecule has 0 unspecified atom stereocenters. The fourth-order valence-electron chi connectivity index (χ4n) is 3.11. The Bertz CT molecular complexity index is 1160. The standard InChI is InChI=1S/C22H19N3O3/c1-16-8-10-17(11-9-16)24(14-18-5-4-12-28-18)22(27)15-25-20-7-3-2-6-19(20)23-13-21(25)26/h2-13H,14-15H2,1H3. The van der Waals surface area contributed by atoms with E-state index in [2.05, 4.69) is 4.98 Å². The summed E-state index contributed by atoms with van der Waals surface area (Å²) in [6.07, 6.45) is 2.83. The predicted octanol–water partition coefficient (Wildman–Crippen LogP) is 3.53. The molecule has 0 saturated carbocycles. The van der Waals surface area contributed by atoms with E-state index < -0.39 is 0 Å². The summed E-state index contributed by atoms with van der Waals surface area (Å²) in [6, 6.07) is 18.6. The number of nitrogens with zero attached hydrogens (tertiary/aromatic N) is 3. The van der Waals surface area contributed by atoms with Crippen molar-refractivity contribution in [2.45, 2.75) is 20.0 Å². The normalized spacial score (nSPS) is 10.9. The van der Waals surface area contributed by atoms with Crippen molar-refractivity contribution >= 4 is 22.6 Å². The van der Waals surface area contributed by atoms with Gasteiger partial charge in [-0.3, -0.25) is 14.2 Å². The van der Waals surface area contributed by atoms with Crippen LogP contribution in [0.25, 0.3) is 11.0 Å². The predicted molar refractivity (Wildman–Crippen MR) is 107 cm³/mol. The van der Waals surface area contributed by atoms with Crippen molar-refractivity contribution in [3.05, 3.63) is 94.8 Å². The maximum Gasteiger partial charge on any atom is 0.269 e. The maximum absolute atomic E-state index is 13.2. The van der Waals surface area contributed by atoms with Crippen molar-refractivity contribution in [2.24, 2.45) is 0 Å². The number of furan rings is 1. The molecular formula is C22H19N3O3. The largest absolute Gasteiger partial charge is 0.467 e. The van der Waals surface area contributed by atoms with Gasteiger partial charge in [0, 0.05) is 5.69 Å². The second kappa shape index (κ2) is 7.52. The molecule has 1 amide bonds. The summed E-state index contributed by atoms with van der Waals surface area (Å²) in [5, 5.41) is 0. The van der Waals surface area contributed by atoms with E-state index >= 15 is 0 Å². The summed E-state index contributed by atoms with van der Waals surface area (Å²) in [4.78, 5) is 31.4. The van der Waals surface area contributed by atoms with Gasteiger partial charge in [-0.05, 0) is 43.3 Å². The number of hydrogen-bond donors (Lipinski definition) is 0. The van der Waals surface area contributed by atoms with Crippen LogP contribution in [0.5, 0.6) is 0 Å². The molecule has 0 aliphatic carbocycles. The van der Waals surface area contributed by atoms with Crippen LogP contribution in [0.1, 0.15) is 11.3 Å². The minimum Gasteiger partial charge on any atom is -0.467 e. The van der Waals surface area contributed by atoms with Crippen LogP contribution in [0.3, 0.4) is 0 Å². The van der Waals surface area contributed by atoms with Gasteiger partial charge in [-0.25, -0.2) is 4.98 Å². The van der Waals surface area contributed by atoms with Crippen molar-refractivity contribution in [3.63, 3.8) is 0 Å². The molecule has 2 heterocycles. The van der Waals surface area contributed by atoms with Gasteiger partial charge >= 0.3 is 0 Å². The summed E-state index contributed by atoms with van der Waals surface area (Å²) in [5.74, 6) is 0.458. The van der Waals surface area contributed by atoms with Crippen LogP contribution in [-0.4, -0.2) is 15.5 Å². The molecule has 4 rings (SSSR count). The monoisotopic (exact) mass is 373 g/mol. The van der Waals surface area contributed by atoms with Crippen molar-refractivity contribution in [3.8, 4) is 0 Å². The van der Waals surface area contributed by atoms with Crippen LogP contribution in [0, 0.1) is 6.92 Å². The molecular weight excluding hydrogens is 354 g/mol. The smallest absolute Gasteiger partial charge is 0.269 e. The van der Waals surface area contributed by atoms with Gasteiger partial charge in [-0.1, -0.05) is 29.8 Å². The van der Waals surface area contributed by atoms with E-state index in [0.717, 1.165) is 11.3 Å². The molecule has 4 aromatic rings. The molecule has 0 N–H and O–H groups in total. The van der Waals surface area contributed by atoms with Crippen LogP contribution >= 0.6 is 0 Å². The molecule has 28 heavy (non-hydrogen) atoms. The fourth-order valence-corrected chi connectivity index (χ4v) is 3.11. The van der Waals surface area contributed by atoms with Gasteiger partial charge in [0.1, 0.15) is 12.3 Å². The highest BCUT2D eigenvalue weighted by molar-refractivity contribution is 5.93. The Balaban J connectivity index is 1.71. The van der Waals surface area contributed by atoms with Gasteiger partial charge in [0.05, 0.1) is 30.0 Å². The fraction of sp³-hybridized carbons (Fsp3) is 0.136. The van der Waals surface area contributed by atoms with Crippen molar-refractivity contribution in [1.82, 2.24) is 9.55 Å². The molecule has 0 atom stereocenters.